The number of benzene rings is 1. The number of thioether (sulfide) groups is 1. The van der Waals surface area contributed by atoms with Crippen molar-refractivity contribution in [1.29, 1.82) is 0 Å². The SMILES string of the molecule is NCCN1C(=O)S/C(=C/c2ccccc2O)C1=O. The van der Waals surface area contributed by atoms with Gasteiger partial charge in [-0.05, 0) is 23.9 Å². The highest BCUT2D eigenvalue weighted by Gasteiger charge is 2.34. The van der Waals surface area contributed by atoms with Crippen molar-refractivity contribution in [3.63, 3.8) is 0 Å². The number of rotatable bonds is 3. The van der Waals surface area contributed by atoms with Crippen LogP contribution in [0, 0.1) is 0 Å². The molecule has 3 N–H and O–H groups in total. The second-order valence-electron chi connectivity index (χ2n) is 3.68. The molecule has 94 valence electrons. The molecule has 0 aliphatic carbocycles. The van der Waals surface area contributed by atoms with Gasteiger partial charge in [0.2, 0.25) is 0 Å². The van der Waals surface area contributed by atoms with Crippen LogP contribution in [0.4, 0.5) is 4.79 Å². The van der Waals surface area contributed by atoms with Gasteiger partial charge in [-0.15, -0.1) is 0 Å². The third-order valence-electron chi connectivity index (χ3n) is 2.45. The monoisotopic (exact) mass is 264 g/mol. The van der Waals surface area contributed by atoms with Crippen molar-refractivity contribution in [3.05, 3.63) is 34.7 Å². The Hall–Kier alpha value is -1.79. The highest BCUT2D eigenvalue weighted by atomic mass is 32.2. The van der Waals surface area contributed by atoms with E-state index in [1.807, 2.05) is 0 Å². The van der Waals surface area contributed by atoms with E-state index in [1.54, 1.807) is 18.2 Å². The van der Waals surface area contributed by atoms with Crippen molar-refractivity contribution in [2.75, 3.05) is 13.1 Å². The smallest absolute Gasteiger partial charge is 0.293 e. The summed E-state index contributed by atoms with van der Waals surface area (Å²) in [5.74, 6) is -0.290. The van der Waals surface area contributed by atoms with Gasteiger partial charge in [0.05, 0.1) is 4.91 Å². The van der Waals surface area contributed by atoms with E-state index in [1.165, 1.54) is 12.1 Å². The number of nitrogens with two attached hydrogens (primary N) is 1. The molecule has 18 heavy (non-hydrogen) atoms. The lowest BCUT2D eigenvalue weighted by Crippen LogP contribution is -2.33. The number of phenolic OH excluding ortho intramolecular Hbond substituents is 1. The molecule has 0 aromatic heterocycles. The van der Waals surface area contributed by atoms with Gasteiger partial charge in [0, 0.05) is 18.7 Å². The molecule has 1 aromatic carbocycles. The minimum atomic E-state index is -0.362. The summed E-state index contributed by atoms with van der Waals surface area (Å²) in [5, 5.41) is 9.28. The molecule has 1 saturated heterocycles. The Morgan fingerprint density at radius 3 is 2.72 bits per heavy atom. The Bertz CT molecular complexity index is 528. The summed E-state index contributed by atoms with van der Waals surface area (Å²) in [7, 11) is 0. The van der Waals surface area contributed by atoms with Crippen LogP contribution < -0.4 is 5.73 Å². The lowest BCUT2D eigenvalue weighted by Gasteiger charge is -2.09. The van der Waals surface area contributed by atoms with Gasteiger partial charge in [-0.25, -0.2) is 0 Å². The van der Waals surface area contributed by atoms with Crippen LogP contribution in [0.15, 0.2) is 29.2 Å². The molecule has 1 aliphatic heterocycles. The quantitative estimate of drug-likeness (QED) is 0.806. The third kappa shape index (κ3) is 2.39. The lowest BCUT2D eigenvalue weighted by molar-refractivity contribution is -0.122. The number of para-hydroxylation sites is 1. The first-order valence-corrected chi connectivity index (χ1v) is 6.18. The highest BCUT2D eigenvalue weighted by Crippen LogP contribution is 2.33. The Balaban J connectivity index is 2.28. The molecule has 1 aliphatic rings. The first-order chi connectivity index (χ1) is 8.63. The highest BCUT2D eigenvalue weighted by molar-refractivity contribution is 8.18. The Kier molecular flexibility index (Phi) is 3.69. The Morgan fingerprint density at radius 2 is 2.06 bits per heavy atom. The number of phenols is 1. The molecular formula is C12H12N2O3S. The first-order valence-electron chi connectivity index (χ1n) is 5.37. The molecule has 1 heterocycles. The number of carbonyl (C=O) groups excluding carboxylic acids is 2. The van der Waals surface area contributed by atoms with Crippen LogP contribution in [-0.4, -0.2) is 34.2 Å². The zero-order valence-electron chi connectivity index (χ0n) is 9.50. The second-order valence-corrected chi connectivity index (χ2v) is 4.67. The van der Waals surface area contributed by atoms with Crippen molar-refractivity contribution < 1.29 is 14.7 Å². The minimum Gasteiger partial charge on any atom is -0.507 e. The number of aromatic hydroxyl groups is 1. The maximum absolute atomic E-state index is 11.9. The van der Waals surface area contributed by atoms with Crippen LogP contribution in [0.3, 0.4) is 0 Å². The molecule has 6 heteroatoms. The van der Waals surface area contributed by atoms with Crippen LogP contribution in [0.25, 0.3) is 6.08 Å². The number of amides is 2. The van der Waals surface area contributed by atoms with E-state index in [2.05, 4.69) is 0 Å². The average molecular weight is 264 g/mol. The summed E-state index contributed by atoms with van der Waals surface area (Å²) in [6.45, 7) is 0.449. The van der Waals surface area contributed by atoms with Crippen LogP contribution >= 0.6 is 11.8 Å². The molecule has 0 unspecified atom stereocenters. The van der Waals surface area contributed by atoms with E-state index >= 15 is 0 Å². The van der Waals surface area contributed by atoms with E-state index in [9.17, 15) is 14.7 Å². The van der Waals surface area contributed by atoms with Gasteiger partial charge in [0.1, 0.15) is 5.75 Å². The van der Waals surface area contributed by atoms with E-state index in [0.717, 1.165) is 16.7 Å². The van der Waals surface area contributed by atoms with Gasteiger partial charge in [0.15, 0.2) is 0 Å². The Morgan fingerprint density at radius 1 is 1.33 bits per heavy atom. The van der Waals surface area contributed by atoms with Gasteiger partial charge in [-0.2, -0.15) is 0 Å². The fraction of sp³-hybridized carbons (Fsp3) is 0.167. The predicted molar refractivity (Wildman–Crippen MR) is 69.8 cm³/mol. The summed E-state index contributed by atoms with van der Waals surface area (Å²) in [4.78, 5) is 24.9. The molecule has 0 spiro atoms. The molecule has 1 aromatic rings. The van der Waals surface area contributed by atoms with Crippen molar-refractivity contribution in [2.45, 2.75) is 0 Å². The van der Waals surface area contributed by atoms with Gasteiger partial charge in [-0.3, -0.25) is 14.5 Å². The molecule has 0 radical (unpaired) electrons. The van der Waals surface area contributed by atoms with Gasteiger partial charge < -0.3 is 10.8 Å². The minimum absolute atomic E-state index is 0.0723. The van der Waals surface area contributed by atoms with Crippen LogP contribution in [0.1, 0.15) is 5.56 Å². The molecule has 0 saturated carbocycles. The predicted octanol–water partition coefficient (Wildman–Crippen LogP) is 1.39. The summed E-state index contributed by atoms with van der Waals surface area (Å²) >= 11 is 0.857. The summed E-state index contributed by atoms with van der Waals surface area (Å²) in [5.41, 5.74) is 5.85. The zero-order chi connectivity index (χ0) is 13.1. The van der Waals surface area contributed by atoms with Crippen molar-refractivity contribution in [2.24, 2.45) is 5.73 Å². The fourth-order valence-electron chi connectivity index (χ4n) is 1.57. The molecular weight excluding hydrogens is 252 g/mol. The summed E-state index contributed by atoms with van der Waals surface area (Å²) in [6, 6.07) is 6.63. The van der Waals surface area contributed by atoms with Gasteiger partial charge in [0.25, 0.3) is 11.1 Å². The van der Waals surface area contributed by atoms with Crippen LogP contribution in [0.5, 0.6) is 5.75 Å². The number of carbonyl (C=O) groups is 2. The van der Waals surface area contributed by atoms with Crippen molar-refractivity contribution >= 4 is 29.0 Å². The molecule has 2 amide bonds. The molecule has 2 rings (SSSR count). The molecule has 5 nitrogen and oxygen atoms in total. The first kappa shape index (κ1) is 12.7. The van der Waals surface area contributed by atoms with E-state index in [-0.39, 0.29) is 30.0 Å². The number of imide groups is 1. The lowest BCUT2D eigenvalue weighted by atomic mass is 10.2. The average Bonchev–Trinajstić information content (AvgIpc) is 2.60. The standard InChI is InChI=1S/C12H12N2O3S/c13-5-6-14-11(16)10(18-12(14)17)7-8-3-1-2-4-9(8)15/h1-4,7,15H,5-6,13H2/b10-7+. The molecule has 0 atom stereocenters. The van der Waals surface area contributed by atoms with Crippen molar-refractivity contribution in [1.82, 2.24) is 4.90 Å². The van der Waals surface area contributed by atoms with Gasteiger partial charge in [-0.1, -0.05) is 18.2 Å². The number of hydrogen-bond acceptors (Lipinski definition) is 5. The van der Waals surface area contributed by atoms with Crippen LogP contribution in [0.2, 0.25) is 0 Å². The maximum Gasteiger partial charge on any atom is 0.293 e. The van der Waals surface area contributed by atoms with Crippen LogP contribution in [-0.2, 0) is 4.79 Å². The zero-order valence-corrected chi connectivity index (χ0v) is 10.3. The topological polar surface area (TPSA) is 83.6 Å². The fourth-order valence-corrected chi connectivity index (χ4v) is 2.43. The molecule has 1 fully saturated rings. The second kappa shape index (κ2) is 5.24. The van der Waals surface area contributed by atoms with Gasteiger partial charge >= 0.3 is 0 Å². The van der Waals surface area contributed by atoms with E-state index < -0.39 is 0 Å². The number of nitrogens with zero attached hydrogens (tertiary/aromatic N) is 1. The Labute approximate surface area is 108 Å². The van der Waals surface area contributed by atoms with E-state index in [0.29, 0.717) is 10.5 Å². The number of hydrogen-bond donors (Lipinski definition) is 2. The largest absolute Gasteiger partial charge is 0.507 e. The summed E-state index contributed by atoms with van der Waals surface area (Å²) < 4.78 is 0. The third-order valence-corrected chi connectivity index (χ3v) is 3.36. The van der Waals surface area contributed by atoms with Crippen molar-refractivity contribution in [3.8, 4) is 5.75 Å². The molecule has 0 bridgehead atoms. The summed E-state index contributed by atoms with van der Waals surface area (Å²) in [6.07, 6.45) is 1.51. The normalized spacial score (nSPS) is 17.8. The van der Waals surface area contributed by atoms with E-state index in [4.69, 9.17) is 5.73 Å². The maximum atomic E-state index is 11.9.